The van der Waals surface area contributed by atoms with Crippen LogP contribution in [0, 0.1) is 0 Å². The van der Waals surface area contributed by atoms with Crippen LogP contribution in [0.3, 0.4) is 0 Å². The molecule has 3 nitrogen and oxygen atoms in total. The first-order valence-corrected chi connectivity index (χ1v) is 5.34. The van der Waals surface area contributed by atoms with Crippen molar-refractivity contribution in [3.8, 4) is 0 Å². The molecule has 0 aliphatic heterocycles. The summed E-state index contributed by atoms with van der Waals surface area (Å²) in [5.74, 6) is 0.368. The minimum atomic E-state index is -2.43. The molecular formula is C6H14ClNO2S. The van der Waals surface area contributed by atoms with Gasteiger partial charge in [0, 0.05) is 19.0 Å². The van der Waals surface area contributed by atoms with Crippen LogP contribution >= 0.6 is 11.6 Å². The van der Waals surface area contributed by atoms with Crippen LogP contribution in [0.15, 0.2) is 0 Å². The summed E-state index contributed by atoms with van der Waals surface area (Å²) >= 11 is 5.41. The maximum absolute atomic E-state index is 10.5. The normalized spacial score (nSPS) is 11.3. The fourth-order valence-electron chi connectivity index (χ4n) is 0.713. The van der Waals surface area contributed by atoms with E-state index in [1.54, 1.807) is 0 Å². The lowest BCUT2D eigenvalue weighted by atomic mass is 10.3. The van der Waals surface area contributed by atoms with Gasteiger partial charge in [0.25, 0.3) is 0 Å². The molecule has 0 atom stereocenters. The maximum atomic E-state index is 10.5. The molecule has 0 saturated carbocycles. The Labute approximate surface area is 74.4 Å². The predicted molar refractivity (Wildman–Crippen MR) is 47.5 cm³/mol. The van der Waals surface area contributed by atoms with Crippen molar-refractivity contribution in [1.82, 2.24) is 4.31 Å². The molecule has 0 fully saturated rings. The van der Waals surface area contributed by atoms with E-state index < -0.39 is 10.9 Å². The van der Waals surface area contributed by atoms with E-state index in [0.29, 0.717) is 19.0 Å². The molecule has 0 saturated heterocycles. The van der Waals surface area contributed by atoms with Crippen LogP contribution in [0.4, 0.5) is 0 Å². The number of alkyl halides is 1. The van der Waals surface area contributed by atoms with E-state index >= 15 is 0 Å². The van der Waals surface area contributed by atoms with Crippen LogP contribution in [0.2, 0.25) is 0 Å². The van der Waals surface area contributed by atoms with E-state index in [1.807, 2.05) is 6.92 Å². The van der Waals surface area contributed by atoms with Gasteiger partial charge >= 0.3 is 0 Å². The Bertz CT molecular complexity index is 153. The number of hydrogen-bond donors (Lipinski definition) is 1. The Balaban J connectivity index is 3.70. The van der Waals surface area contributed by atoms with Gasteiger partial charge in [-0.15, -0.1) is 11.6 Å². The minimum absolute atomic E-state index is 0.368. The van der Waals surface area contributed by atoms with Crippen LogP contribution in [-0.4, -0.2) is 31.7 Å². The highest BCUT2D eigenvalue weighted by atomic mass is 35.5. The molecule has 5 heteroatoms. The molecule has 0 amide bonds. The third-order valence-electron chi connectivity index (χ3n) is 1.34. The van der Waals surface area contributed by atoms with Crippen LogP contribution in [-0.2, 0) is 10.9 Å². The van der Waals surface area contributed by atoms with Gasteiger partial charge in [-0.1, -0.05) is 13.3 Å². The lowest BCUT2D eigenvalue weighted by Gasteiger charge is -2.11. The molecule has 0 aliphatic carbocycles. The van der Waals surface area contributed by atoms with Crippen LogP contribution in [0.5, 0.6) is 0 Å². The summed E-state index contributed by atoms with van der Waals surface area (Å²) in [6.07, 6.45) is 1.90. The molecule has 11 heavy (non-hydrogen) atoms. The second kappa shape index (κ2) is 6.88. The Kier molecular flexibility index (Phi) is 7.01. The van der Waals surface area contributed by atoms with Gasteiger partial charge in [0.2, 0.25) is 10.9 Å². The van der Waals surface area contributed by atoms with Gasteiger partial charge in [0.1, 0.15) is 0 Å². The van der Waals surface area contributed by atoms with Gasteiger partial charge in [0.05, 0.1) is 0 Å². The maximum Gasteiger partial charge on any atom is 0.203 e. The van der Waals surface area contributed by atoms with Crippen molar-refractivity contribution in [2.24, 2.45) is 0 Å². The average molecular weight is 200 g/mol. The quantitative estimate of drug-likeness (QED) is 0.509. The number of hydrogen-bond acceptors (Lipinski definition) is 2. The highest BCUT2D eigenvalue weighted by Crippen LogP contribution is 1.95. The Morgan fingerprint density at radius 3 is 2.36 bits per heavy atom. The van der Waals surface area contributed by atoms with Crippen molar-refractivity contribution in [2.75, 3.05) is 19.0 Å². The molecule has 0 aliphatic rings. The summed E-state index contributed by atoms with van der Waals surface area (Å²) < 4.78 is 22.4. The lowest BCUT2D eigenvalue weighted by Crippen LogP contribution is -2.25. The third-order valence-corrected chi connectivity index (χ3v) is 2.37. The largest absolute Gasteiger partial charge is 0.215 e. The molecular weight excluding hydrogens is 186 g/mol. The van der Waals surface area contributed by atoms with E-state index in [-0.39, 0.29) is 0 Å². The summed E-state index contributed by atoms with van der Waals surface area (Å²) in [5.41, 5.74) is 0. The number of thiol groups is 1. The second-order valence-corrected chi connectivity index (χ2v) is 3.65. The molecule has 0 radical (unpaired) electrons. The van der Waals surface area contributed by atoms with Gasteiger partial charge in [-0.3, -0.25) is 0 Å². The fraction of sp³-hybridized carbons (Fsp3) is 1.00. The van der Waals surface area contributed by atoms with E-state index in [2.05, 4.69) is 0 Å². The molecule has 0 bridgehead atoms. The van der Waals surface area contributed by atoms with Crippen molar-refractivity contribution < 1.29 is 8.42 Å². The molecule has 0 unspecified atom stereocenters. The molecule has 0 rings (SSSR count). The zero-order valence-corrected chi connectivity index (χ0v) is 8.27. The molecule has 0 heterocycles. The minimum Gasteiger partial charge on any atom is -0.215 e. The van der Waals surface area contributed by atoms with Gasteiger partial charge in [0.15, 0.2) is 0 Å². The number of nitrogens with zero attached hydrogens (tertiary/aromatic N) is 1. The molecule has 68 valence electrons. The van der Waals surface area contributed by atoms with Crippen LogP contribution in [0.25, 0.3) is 0 Å². The fourth-order valence-corrected chi connectivity index (χ4v) is 1.60. The zero-order chi connectivity index (χ0) is 8.69. The summed E-state index contributed by atoms with van der Waals surface area (Å²) in [4.78, 5) is 0. The number of unbranched alkanes of at least 4 members (excludes halogenated alkanes) is 1. The van der Waals surface area contributed by atoms with E-state index in [0.717, 1.165) is 12.8 Å². The van der Waals surface area contributed by atoms with Crippen molar-refractivity contribution >= 4 is 22.5 Å². The number of rotatable bonds is 6. The Morgan fingerprint density at radius 2 is 2.00 bits per heavy atom. The van der Waals surface area contributed by atoms with Gasteiger partial charge < -0.3 is 0 Å². The average Bonchev–Trinajstić information content (AvgIpc) is 1.97. The van der Waals surface area contributed by atoms with E-state index in [4.69, 9.17) is 11.6 Å². The summed E-state index contributed by atoms with van der Waals surface area (Å²) in [5, 5.41) is 0. The molecule has 0 aromatic carbocycles. The Hall–Kier alpha value is 0.200. The molecule has 0 aromatic rings. The highest BCUT2D eigenvalue weighted by molar-refractivity contribution is 7.69. The summed E-state index contributed by atoms with van der Waals surface area (Å²) in [7, 11) is -2.43. The SMILES string of the molecule is CCCCN(CCCl)[SH](=O)=O. The Morgan fingerprint density at radius 1 is 1.36 bits per heavy atom. The molecule has 0 aromatic heterocycles. The first kappa shape index (κ1) is 11.2. The van der Waals surface area contributed by atoms with E-state index in [1.165, 1.54) is 4.31 Å². The van der Waals surface area contributed by atoms with Crippen molar-refractivity contribution in [3.05, 3.63) is 0 Å². The first-order valence-electron chi connectivity index (χ1n) is 3.67. The van der Waals surface area contributed by atoms with Gasteiger partial charge in [-0.25, -0.2) is 12.7 Å². The van der Waals surface area contributed by atoms with Crippen molar-refractivity contribution in [1.29, 1.82) is 0 Å². The first-order chi connectivity index (χ1) is 5.22. The standard InChI is InChI=1S/C6H14ClNO2S/c1-2-3-5-8(6-4-7)11(9)10/h11H,2-6H2,1H3. The summed E-state index contributed by atoms with van der Waals surface area (Å²) in [6.45, 7) is 3.05. The van der Waals surface area contributed by atoms with Crippen molar-refractivity contribution in [2.45, 2.75) is 19.8 Å². The topological polar surface area (TPSA) is 37.4 Å². The van der Waals surface area contributed by atoms with E-state index in [9.17, 15) is 8.42 Å². The monoisotopic (exact) mass is 199 g/mol. The zero-order valence-electron chi connectivity index (χ0n) is 6.62. The van der Waals surface area contributed by atoms with Gasteiger partial charge in [-0.05, 0) is 6.42 Å². The lowest BCUT2D eigenvalue weighted by molar-refractivity contribution is 0.435. The third kappa shape index (κ3) is 5.47. The smallest absolute Gasteiger partial charge is 0.203 e. The second-order valence-electron chi connectivity index (χ2n) is 2.23. The van der Waals surface area contributed by atoms with Gasteiger partial charge in [-0.2, -0.15) is 0 Å². The molecule has 0 spiro atoms. The van der Waals surface area contributed by atoms with Crippen molar-refractivity contribution in [3.63, 3.8) is 0 Å². The van der Waals surface area contributed by atoms with Crippen LogP contribution in [0.1, 0.15) is 19.8 Å². The predicted octanol–water partition coefficient (Wildman–Crippen LogP) is 0.854. The highest BCUT2D eigenvalue weighted by Gasteiger charge is 2.03. The number of halogens is 1. The molecule has 0 N–H and O–H groups in total. The van der Waals surface area contributed by atoms with Crippen LogP contribution < -0.4 is 0 Å². The summed E-state index contributed by atoms with van der Waals surface area (Å²) in [6, 6.07) is 0.